The largest absolute Gasteiger partial charge is 0.319 e. The minimum Gasteiger partial charge on any atom is -0.319 e. The Bertz CT molecular complexity index is 627. The van der Waals surface area contributed by atoms with Crippen LogP contribution in [0, 0.1) is 18.7 Å². The van der Waals surface area contributed by atoms with Crippen molar-refractivity contribution in [1.82, 2.24) is 9.97 Å². The standard InChI is InChI=1S/C16H20FN3S/c1-10-5-7-16(18,8-6-10)15-20-14(11(2)21-15)13-4-3-12(17)9-19-13/h3-4,9-10H,5-8,18H2,1-2H3. The molecule has 1 aliphatic carbocycles. The van der Waals surface area contributed by atoms with Gasteiger partial charge in [0.2, 0.25) is 0 Å². The van der Waals surface area contributed by atoms with E-state index < -0.39 is 0 Å². The molecule has 1 aliphatic rings. The summed E-state index contributed by atoms with van der Waals surface area (Å²) in [5.41, 5.74) is 7.83. The average Bonchev–Trinajstić information content (AvgIpc) is 2.86. The Morgan fingerprint density at radius 2 is 2.05 bits per heavy atom. The van der Waals surface area contributed by atoms with Crippen LogP contribution in [0.15, 0.2) is 18.3 Å². The van der Waals surface area contributed by atoms with Gasteiger partial charge in [-0.3, -0.25) is 4.98 Å². The second kappa shape index (κ2) is 5.46. The van der Waals surface area contributed by atoms with E-state index in [1.807, 2.05) is 6.92 Å². The van der Waals surface area contributed by atoms with Crippen LogP contribution in [0.3, 0.4) is 0 Å². The van der Waals surface area contributed by atoms with E-state index in [4.69, 9.17) is 10.7 Å². The van der Waals surface area contributed by atoms with Crippen molar-refractivity contribution >= 4 is 11.3 Å². The van der Waals surface area contributed by atoms with Gasteiger partial charge in [0, 0.05) is 4.88 Å². The molecule has 0 spiro atoms. The van der Waals surface area contributed by atoms with Crippen molar-refractivity contribution in [2.24, 2.45) is 11.7 Å². The Morgan fingerprint density at radius 3 is 2.67 bits per heavy atom. The summed E-state index contributed by atoms with van der Waals surface area (Å²) in [6.45, 7) is 4.30. The van der Waals surface area contributed by atoms with Crippen LogP contribution in [0.1, 0.15) is 42.5 Å². The summed E-state index contributed by atoms with van der Waals surface area (Å²) in [4.78, 5) is 9.96. The lowest BCUT2D eigenvalue weighted by Crippen LogP contribution is -2.40. The number of hydrogen-bond acceptors (Lipinski definition) is 4. The third-order valence-electron chi connectivity index (χ3n) is 4.36. The molecule has 0 atom stereocenters. The van der Waals surface area contributed by atoms with E-state index in [-0.39, 0.29) is 11.4 Å². The predicted molar refractivity (Wildman–Crippen MR) is 83.5 cm³/mol. The first-order valence-electron chi connectivity index (χ1n) is 7.37. The molecule has 1 saturated carbocycles. The van der Waals surface area contributed by atoms with E-state index in [1.165, 1.54) is 12.3 Å². The maximum absolute atomic E-state index is 13.0. The second-order valence-corrected chi connectivity index (χ2v) is 7.33. The normalized spacial score (nSPS) is 26.0. The van der Waals surface area contributed by atoms with Crippen molar-refractivity contribution in [3.63, 3.8) is 0 Å². The molecule has 0 amide bonds. The van der Waals surface area contributed by atoms with Crippen molar-refractivity contribution in [1.29, 1.82) is 0 Å². The van der Waals surface area contributed by atoms with Gasteiger partial charge in [0.15, 0.2) is 0 Å². The zero-order chi connectivity index (χ0) is 15.0. The molecule has 0 saturated heterocycles. The zero-order valence-electron chi connectivity index (χ0n) is 12.4. The van der Waals surface area contributed by atoms with E-state index in [2.05, 4.69) is 11.9 Å². The van der Waals surface area contributed by atoms with Crippen molar-refractivity contribution < 1.29 is 4.39 Å². The van der Waals surface area contributed by atoms with Gasteiger partial charge in [-0.15, -0.1) is 11.3 Å². The number of nitrogens with zero attached hydrogens (tertiary/aromatic N) is 2. The van der Waals surface area contributed by atoms with Crippen LogP contribution in [0.5, 0.6) is 0 Å². The molecular formula is C16H20FN3S. The van der Waals surface area contributed by atoms with Gasteiger partial charge in [0.05, 0.1) is 17.4 Å². The second-order valence-electron chi connectivity index (χ2n) is 6.12. The number of hydrogen-bond donors (Lipinski definition) is 1. The fourth-order valence-corrected chi connectivity index (χ4v) is 3.94. The number of nitrogens with two attached hydrogens (primary N) is 1. The molecule has 0 bridgehead atoms. The molecule has 1 fully saturated rings. The smallest absolute Gasteiger partial charge is 0.141 e. The Balaban J connectivity index is 1.92. The van der Waals surface area contributed by atoms with E-state index >= 15 is 0 Å². The summed E-state index contributed by atoms with van der Waals surface area (Å²) in [6.07, 6.45) is 5.50. The number of pyridine rings is 1. The monoisotopic (exact) mass is 305 g/mol. The molecule has 5 heteroatoms. The summed E-state index contributed by atoms with van der Waals surface area (Å²) in [7, 11) is 0. The highest BCUT2D eigenvalue weighted by Crippen LogP contribution is 2.40. The number of halogens is 1. The first kappa shape index (κ1) is 14.6. The number of rotatable bonds is 2. The third kappa shape index (κ3) is 2.85. The molecule has 2 aromatic rings. The first-order chi connectivity index (χ1) is 9.98. The van der Waals surface area contributed by atoms with E-state index in [0.29, 0.717) is 5.69 Å². The van der Waals surface area contributed by atoms with E-state index in [0.717, 1.165) is 47.2 Å². The highest BCUT2D eigenvalue weighted by Gasteiger charge is 2.35. The maximum atomic E-state index is 13.0. The van der Waals surface area contributed by atoms with Gasteiger partial charge >= 0.3 is 0 Å². The molecule has 0 aromatic carbocycles. The number of thiazole rings is 1. The lowest BCUT2D eigenvalue weighted by molar-refractivity contribution is 0.247. The Kier molecular flexibility index (Phi) is 3.80. The minimum absolute atomic E-state index is 0.305. The van der Waals surface area contributed by atoms with Crippen LogP contribution in [0.2, 0.25) is 0 Å². The summed E-state index contributed by atoms with van der Waals surface area (Å²) in [6, 6.07) is 3.09. The molecule has 2 N–H and O–H groups in total. The van der Waals surface area contributed by atoms with Crippen molar-refractivity contribution in [3.05, 3.63) is 34.0 Å². The molecule has 0 aliphatic heterocycles. The molecule has 2 aromatic heterocycles. The Hall–Kier alpha value is -1.33. The van der Waals surface area contributed by atoms with Gasteiger partial charge in [-0.25, -0.2) is 9.37 Å². The molecule has 0 unspecified atom stereocenters. The lowest BCUT2D eigenvalue weighted by atomic mass is 9.78. The fourth-order valence-electron chi connectivity index (χ4n) is 2.85. The Labute approximate surface area is 128 Å². The highest BCUT2D eigenvalue weighted by molar-refractivity contribution is 7.12. The third-order valence-corrected chi connectivity index (χ3v) is 5.55. The van der Waals surface area contributed by atoms with Crippen LogP contribution < -0.4 is 5.73 Å². The molecule has 2 heterocycles. The van der Waals surface area contributed by atoms with Crippen LogP contribution >= 0.6 is 11.3 Å². The van der Waals surface area contributed by atoms with E-state index in [9.17, 15) is 4.39 Å². The summed E-state index contributed by atoms with van der Waals surface area (Å²) >= 11 is 1.65. The Morgan fingerprint density at radius 1 is 1.33 bits per heavy atom. The van der Waals surface area contributed by atoms with Crippen molar-refractivity contribution in [3.8, 4) is 11.4 Å². The van der Waals surface area contributed by atoms with Crippen molar-refractivity contribution in [2.45, 2.75) is 45.1 Å². The van der Waals surface area contributed by atoms with Crippen LogP contribution in [0.25, 0.3) is 11.4 Å². The van der Waals surface area contributed by atoms with Gasteiger partial charge in [0.1, 0.15) is 16.5 Å². The number of aromatic nitrogens is 2. The molecule has 3 rings (SSSR count). The fraction of sp³-hybridized carbons (Fsp3) is 0.500. The zero-order valence-corrected chi connectivity index (χ0v) is 13.2. The van der Waals surface area contributed by atoms with Gasteiger partial charge in [-0.1, -0.05) is 6.92 Å². The topological polar surface area (TPSA) is 51.8 Å². The maximum Gasteiger partial charge on any atom is 0.141 e. The van der Waals surface area contributed by atoms with Gasteiger partial charge < -0.3 is 5.73 Å². The van der Waals surface area contributed by atoms with Crippen LogP contribution in [-0.2, 0) is 5.54 Å². The van der Waals surface area contributed by atoms with E-state index in [1.54, 1.807) is 17.4 Å². The molecule has 0 radical (unpaired) electrons. The quantitative estimate of drug-likeness (QED) is 0.912. The number of aryl methyl sites for hydroxylation is 1. The van der Waals surface area contributed by atoms with Gasteiger partial charge in [-0.2, -0.15) is 0 Å². The van der Waals surface area contributed by atoms with Crippen molar-refractivity contribution in [2.75, 3.05) is 0 Å². The summed E-state index contributed by atoms with van der Waals surface area (Å²) in [5, 5.41) is 0.994. The first-order valence-corrected chi connectivity index (χ1v) is 8.18. The van der Waals surface area contributed by atoms with Crippen LogP contribution in [0.4, 0.5) is 4.39 Å². The lowest BCUT2D eigenvalue weighted by Gasteiger charge is -2.34. The highest BCUT2D eigenvalue weighted by atomic mass is 32.1. The summed E-state index contributed by atoms with van der Waals surface area (Å²) < 4.78 is 13.0. The summed E-state index contributed by atoms with van der Waals surface area (Å²) in [5.74, 6) is 0.421. The molecule has 112 valence electrons. The molecule has 21 heavy (non-hydrogen) atoms. The SMILES string of the molecule is Cc1sc(C2(N)CCC(C)CC2)nc1-c1ccc(F)cn1. The average molecular weight is 305 g/mol. The molecular weight excluding hydrogens is 285 g/mol. The van der Waals surface area contributed by atoms with Gasteiger partial charge in [-0.05, 0) is 50.7 Å². The minimum atomic E-state index is -0.330. The van der Waals surface area contributed by atoms with Crippen LogP contribution in [-0.4, -0.2) is 9.97 Å². The van der Waals surface area contributed by atoms with Gasteiger partial charge in [0.25, 0.3) is 0 Å². The molecule has 3 nitrogen and oxygen atoms in total. The predicted octanol–water partition coefficient (Wildman–Crippen LogP) is 4.02.